The van der Waals surface area contributed by atoms with Crippen LogP contribution in [0.15, 0.2) is 18.2 Å². The number of terminal acetylenes is 1. The molecule has 14 N–H and O–H groups in total. The molecule has 4 fully saturated rings. The normalized spacial score (nSPS) is 41.4. The summed E-state index contributed by atoms with van der Waals surface area (Å²) in [5, 5.41) is 139. The third-order valence-electron chi connectivity index (χ3n) is 10.7. The van der Waals surface area contributed by atoms with Crippen LogP contribution >= 0.6 is 0 Å². The Balaban J connectivity index is 1.22. The van der Waals surface area contributed by atoms with Gasteiger partial charge in [-0.3, -0.25) is 4.79 Å². The van der Waals surface area contributed by atoms with Crippen LogP contribution in [0.4, 0.5) is 14.5 Å². The van der Waals surface area contributed by atoms with E-state index >= 15 is 0 Å². The number of unbranched alkanes of at least 4 members (excludes halogenated alkanes) is 1. The number of hydrogen-bond donors (Lipinski definition) is 14. The van der Waals surface area contributed by atoms with Crippen LogP contribution in [0, 0.1) is 12.3 Å². The first-order valence-corrected chi connectivity index (χ1v) is 19.5. The van der Waals surface area contributed by atoms with E-state index in [1.165, 1.54) is 6.07 Å². The van der Waals surface area contributed by atoms with Gasteiger partial charge in [-0.25, -0.2) is 8.78 Å². The van der Waals surface area contributed by atoms with Crippen molar-refractivity contribution in [3.8, 4) is 18.1 Å². The molecule has 0 aliphatic carbocycles. The number of carbonyl (C=O) groups excluding carboxylic acids is 1. The molecule has 0 aromatic heterocycles. The van der Waals surface area contributed by atoms with Gasteiger partial charge in [0.05, 0.1) is 32.0 Å². The molecule has 5 rings (SSSR count). The highest BCUT2D eigenvalue weighted by Crippen LogP contribution is 2.37. The van der Waals surface area contributed by atoms with Crippen LogP contribution in [0.3, 0.4) is 0 Å². The van der Waals surface area contributed by atoms with E-state index in [0.29, 0.717) is 12.8 Å². The van der Waals surface area contributed by atoms with E-state index in [9.17, 15) is 80.0 Å². The number of carbonyl (C=O) groups is 1. The number of ether oxygens (including phenoxy) is 8. The summed E-state index contributed by atoms with van der Waals surface area (Å²) in [5.41, 5.74) is -0.737. The standard InChI is InChI=1S/C37H53F2NO22/c1-2-3-4-5-20(45)40-13-6-7-15(14(8-13)33(38)39)55-34-27(52)23(48)30(17(10-42)57-34)61-36-29(54)25(50)32(19(12-44)59-36)62-37-28(53)24(49)31(18(11-43)58-37)60-35-26(51)22(47)21(46)16(9-41)56-35/h1,6-8,16-19,21-37,41-44,46-54H,3-5,9-12H2,(H,40,45)/t16?,17?,18?,19?,21-,22?,23?,24?,25?,26?,27?,28?,29?,30-,31-,32-,34-,35-,36-,37-/m1/s1. The lowest BCUT2D eigenvalue weighted by molar-refractivity contribution is -0.387. The first-order chi connectivity index (χ1) is 29.5. The minimum Gasteiger partial charge on any atom is -0.461 e. The fourth-order valence-corrected chi connectivity index (χ4v) is 7.23. The van der Waals surface area contributed by atoms with Gasteiger partial charge < -0.3 is 110 Å². The monoisotopic (exact) mass is 901 g/mol. The van der Waals surface area contributed by atoms with Crippen molar-refractivity contribution in [2.75, 3.05) is 31.7 Å². The van der Waals surface area contributed by atoms with Crippen molar-refractivity contribution in [2.24, 2.45) is 0 Å². The van der Waals surface area contributed by atoms with Gasteiger partial charge in [0.2, 0.25) is 12.2 Å². The van der Waals surface area contributed by atoms with Crippen molar-refractivity contribution in [2.45, 2.75) is 149 Å². The largest absolute Gasteiger partial charge is 0.461 e. The summed E-state index contributed by atoms with van der Waals surface area (Å²) < 4.78 is 72.5. The number of aliphatic hydroxyl groups excluding tert-OH is 13. The second-order valence-electron chi connectivity index (χ2n) is 14.9. The van der Waals surface area contributed by atoms with Crippen LogP contribution in [0.25, 0.3) is 0 Å². The zero-order valence-electron chi connectivity index (χ0n) is 32.6. The molecule has 1 aromatic carbocycles. The molecule has 12 unspecified atom stereocenters. The highest BCUT2D eigenvalue weighted by molar-refractivity contribution is 5.90. The second kappa shape index (κ2) is 22.3. The molecule has 0 spiro atoms. The summed E-state index contributed by atoms with van der Waals surface area (Å²) in [6, 6.07) is 3.21. The molecule has 4 aliphatic rings. The Bertz CT molecular complexity index is 1620. The molecule has 1 amide bonds. The fraction of sp³-hybridized carbons (Fsp3) is 0.757. The van der Waals surface area contributed by atoms with Gasteiger partial charge >= 0.3 is 0 Å². The minimum absolute atomic E-state index is 0.00462. The molecule has 20 atom stereocenters. The summed E-state index contributed by atoms with van der Waals surface area (Å²) in [4.78, 5) is 12.2. The molecule has 25 heteroatoms. The summed E-state index contributed by atoms with van der Waals surface area (Å²) in [5.74, 6) is 1.37. The number of amides is 1. The van der Waals surface area contributed by atoms with E-state index in [1.54, 1.807) is 0 Å². The molecule has 1 aromatic rings. The molecule has 4 heterocycles. The Morgan fingerprint density at radius 2 is 1.05 bits per heavy atom. The van der Waals surface area contributed by atoms with Crippen LogP contribution in [0.1, 0.15) is 31.3 Å². The molecule has 0 saturated carbocycles. The van der Waals surface area contributed by atoms with Crippen LogP contribution in [0.2, 0.25) is 0 Å². The SMILES string of the molecule is C#CCCCC(=O)Nc1ccc(O[C@@H]2OC(CO)[C@@H](O[C@H]3OC(CO)[C@@H](O[C@H]4OC(CO)[C@@H](O[C@H]5OC(CO)[C@@H](O)C(O)C5O)C(O)C4O)C(O)C3O)C(O)C2O)c(C(F)F)c1. The maximum Gasteiger partial charge on any atom is 0.267 e. The van der Waals surface area contributed by atoms with E-state index in [2.05, 4.69) is 11.2 Å². The molecule has 0 radical (unpaired) electrons. The second-order valence-corrected chi connectivity index (χ2v) is 14.9. The third kappa shape index (κ3) is 11.1. The van der Waals surface area contributed by atoms with Gasteiger partial charge in [0, 0.05) is 18.5 Å². The van der Waals surface area contributed by atoms with Gasteiger partial charge in [-0.1, -0.05) is 0 Å². The molecule has 4 saturated heterocycles. The van der Waals surface area contributed by atoms with Crippen molar-refractivity contribution in [1.82, 2.24) is 0 Å². The van der Waals surface area contributed by atoms with Gasteiger partial charge in [0.1, 0.15) is 103 Å². The quantitative estimate of drug-likeness (QED) is 0.0511. The van der Waals surface area contributed by atoms with Gasteiger partial charge in [-0.2, -0.15) is 0 Å². The number of halogens is 2. The van der Waals surface area contributed by atoms with E-state index in [-0.39, 0.29) is 12.1 Å². The number of rotatable bonds is 17. The lowest BCUT2D eigenvalue weighted by Gasteiger charge is -2.49. The number of benzene rings is 1. The zero-order chi connectivity index (χ0) is 45.6. The summed E-state index contributed by atoms with van der Waals surface area (Å²) in [6.07, 6.45) is -34.5. The Kier molecular flexibility index (Phi) is 18.1. The molecular formula is C37H53F2NO22. The molecule has 23 nitrogen and oxygen atoms in total. The van der Waals surface area contributed by atoms with Crippen molar-refractivity contribution < 1.29 is 118 Å². The Hall–Kier alpha value is -2.89. The van der Waals surface area contributed by atoms with Gasteiger partial charge in [-0.15, -0.1) is 12.3 Å². The van der Waals surface area contributed by atoms with E-state index in [1.807, 2.05) is 0 Å². The van der Waals surface area contributed by atoms with E-state index < -0.39 is 173 Å². The molecular weight excluding hydrogens is 848 g/mol. The van der Waals surface area contributed by atoms with Crippen LogP contribution in [-0.2, 0) is 38.0 Å². The van der Waals surface area contributed by atoms with Crippen LogP contribution in [0.5, 0.6) is 5.75 Å². The van der Waals surface area contributed by atoms with Crippen molar-refractivity contribution in [3.05, 3.63) is 23.8 Å². The van der Waals surface area contributed by atoms with Gasteiger partial charge in [-0.05, 0) is 24.6 Å². The predicted octanol–water partition coefficient (Wildman–Crippen LogP) is -5.98. The Morgan fingerprint density at radius 1 is 0.629 bits per heavy atom. The topological polar surface area (TPSA) is 366 Å². The Morgan fingerprint density at radius 3 is 1.48 bits per heavy atom. The van der Waals surface area contributed by atoms with Crippen LogP contribution in [-0.4, -0.2) is 222 Å². The number of alkyl halides is 2. The summed E-state index contributed by atoms with van der Waals surface area (Å²) in [7, 11) is 0. The molecule has 0 bridgehead atoms. The van der Waals surface area contributed by atoms with Crippen LogP contribution < -0.4 is 10.1 Å². The van der Waals surface area contributed by atoms with Gasteiger partial charge in [0.15, 0.2) is 18.9 Å². The van der Waals surface area contributed by atoms with Crippen molar-refractivity contribution in [3.63, 3.8) is 0 Å². The van der Waals surface area contributed by atoms with Crippen molar-refractivity contribution in [1.29, 1.82) is 0 Å². The zero-order valence-corrected chi connectivity index (χ0v) is 32.6. The number of hydrogen-bond acceptors (Lipinski definition) is 22. The van der Waals surface area contributed by atoms with Gasteiger partial charge in [0.25, 0.3) is 6.43 Å². The Labute approximate surface area is 351 Å². The van der Waals surface area contributed by atoms with E-state index in [4.69, 9.17) is 44.3 Å². The average molecular weight is 902 g/mol. The number of anilines is 1. The summed E-state index contributed by atoms with van der Waals surface area (Å²) in [6.45, 7) is -3.71. The minimum atomic E-state index is -3.16. The molecule has 4 aliphatic heterocycles. The maximum absolute atomic E-state index is 14.1. The predicted molar refractivity (Wildman–Crippen MR) is 195 cm³/mol. The lowest BCUT2D eigenvalue weighted by Crippen LogP contribution is -2.67. The maximum atomic E-state index is 14.1. The number of aliphatic hydroxyl groups is 13. The molecule has 352 valence electrons. The average Bonchev–Trinajstić information content (AvgIpc) is 3.25. The van der Waals surface area contributed by atoms with Crippen molar-refractivity contribution >= 4 is 11.6 Å². The lowest BCUT2D eigenvalue weighted by atomic mass is 9.95. The van der Waals surface area contributed by atoms with E-state index in [0.717, 1.165) is 12.1 Å². The first-order valence-electron chi connectivity index (χ1n) is 19.5. The molecule has 62 heavy (non-hydrogen) atoms. The smallest absolute Gasteiger partial charge is 0.267 e. The third-order valence-corrected chi connectivity index (χ3v) is 10.7. The first kappa shape index (κ1) is 50.1. The fourth-order valence-electron chi connectivity index (χ4n) is 7.23. The highest BCUT2D eigenvalue weighted by Gasteiger charge is 2.55. The summed E-state index contributed by atoms with van der Waals surface area (Å²) >= 11 is 0. The number of nitrogens with one attached hydrogen (secondary N) is 1. The highest BCUT2D eigenvalue weighted by atomic mass is 19.3.